The predicted octanol–water partition coefficient (Wildman–Crippen LogP) is 4.52. The second-order valence-electron chi connectivity index (χ2n) is 7.14. The summed E-state index contributed by atoms with van der Waals surface area (Å²) in [6.07, 6.45) is 0.623. The van der Waals surface area contributed by atoms with Gasteiger partial charge in [0.25, 0.3) is 5.91 Å². The molecule has 3 aromatic carbocycles. The molecule has 1 aromatic heterocycles. The van der Waals surface area contributed by atoms with E-state index >= 15 is 0 Å². The van der Waals surface area contributed by atoms with Gasteiger partial charge in [0.05, 0.1) is 0 Å². The molecule has 1 amide bonds. The highest BCUT2D eigenvalue weighted by molar-refractivity contribution is 6.03. The van der Waals surface area contributed by atoms with E-state index in [0.29, 0.717) is 17.8 Å². The highest BCUT2D eigenvalue weighted by Crippen LogP contribution is 2.20. The van der Waals surface area contributed by atoms with Crippen molar-refractivity contribution in [3.8, 4) is 5.69 Å². The second kappa shape index (κ2) is 8.75. The number of carbonyl (C=O) groups is 1. The van der Waals surface area contributed by atoms with E-state index in [2.05, 4.69) is 10.4 Å². The molecule has 1 N–H and O–H groups in total. The molecule has 0 fully saturated rings. The Labute approximate surface area is 178 Å². The highest BCUT2D eigenvalue weighted by atomic mass is 19.1. The number of benzene rings is 3. The molecule has 0 aliphatic rings. The third-order valence-electron chi connectivity index (χ3n) is 4.91. The summed E-state index contributed by atoms with van der Waals surface area (Å²) >= 11 is 0. The molecule has 4 rings (SSSR count). The lowest BCUT2D eigenvalue weighted by Gasteiger charge is -2.13. The standard InChI is InChI=1S/C25H20FN3O2/c1-17-15-23(30)24(28-29(17)22-14-8-6-12-20(22)26)25(31)27-21-13-7-5-11-19(21)16-18-9-3-2-4-10-18/h2-15H,16H2,1H3,(H,27,31). The smallest absolute Gasteiger partial charge is 0.280 e. The van der Waals surface area contributed by atoms with Gasteiger partial charge in [0, 0.05) is 17.4 Å². The van der Waals surface area contributed by atoms with Gasteiger partial charge in [-0.25, -0.2) is 9.07 Å². The zero-order valence-electron chi connectivity index (χ0n) is 16.9. The first-order chi connectivity index (χ1) is 15.0. The summed E-state index contributed by atoms with van der Waals surface area (Å²) in [5, 5.41) is 6.96. The maximum Gasteiger partial charge on any atom is 0.280 e. The maximum absolute atomic E-state index is 14.3. The van der Waals surface area contributed by atoms with Gasteiger partial charge in [-0.05, 0) is 42.7 Å². The summed E-state index contributed by atoms with van der Waals surface area (Å²) in [7, 11) is 0. The monoisotopic (exact) mass is 413 g/mol. The molecule has 0 spiro atoms. The number of anilines is 1. The van der Waals surface area contributed by atoms with E-state index in [1.165, 1.54) is 22.9 Å². The molecule has 5 nitrogen and oxygen atoms in total. The van der Waals surface area contributed by atoms with Gasteiger partial charge in [-0.1, -0.05) is 60.7 Å². The van der Waals surface area contributed by atoms with E-state index < -0.39 is 17.2 Å². The van der Waals surface area contributed by atoms with Crippen LogP contribution in [0.2, 0.25) is 0 Å². The summed E-state index contributed by atoms with van der Waals surface area (Å²) in [5.41, 5.74) is 2.36. The summed E-state index contributed by atoms with van der Waals surface area (Å²) in [4.78, 5) is 25.4. The minimum Gasteiger partial charge on any atom is -0.320 e. The summed E-state index contributed by atoms with van der Waals surface area (Å²) in [5.74, 6) is -1.14. The van der Waals surface area contributed by atoms with Crippen molar-refractivity contribution in [3.05, 3.63) is 123 Å². The molecule has 154 valence electrons. The van der Waals surface area contributed by atoms with Crippen LogP contribution in [0.3, 0.4) is 0 Å². The lowest BCUT2D eigenvalue weighted by Crippen LogP contribution is -2.27. The van der Waals surface area contributed by atoms with E-state index in [-0.39, 0.29) is 11.4 Å². The molecular formula is C25H20FN3O2. The zero-order chi connectivity index (χ0) is 21.8. The van der Waals surface area contributed by atoms with Crippen molar-refractivity contribution in [2.24, 2.45) is 0 Å². The number of carbonyl (C=O) groups excluding carboxylic acids is 1. The molecular weight excluding hydrogens is 393 g/mol. The summed E-state index contributed by atoms with van der Waals surface area (Å²) < 4.78 is 15.5. The number of aryl methyl sites for hydroxylation is 1. The molecule has 0 atom stereocenters. The van der Waals surface area contributed by atoms with E-state index in [4.69, 9.17) is 0 Å². The van der Waals surface area contributed by atoms with E-state index in [9.17, 15) is 14.0 Å². The van der Waals surface area contributed by atoms with Crippen LogP contribution >= 0.6 is 0 Å². The van der Waals surface area contributed by atoms with Crippen molar-refractivity contribution in [2.75, 3.05) is 5.32 Å². The predicted molar refractivity (Wildman–Crippen MR) is 118 cm³/mol. The van der Waals surface area contributed by atoms with Gasteiger partial charge in [-0.15, -0.1) is 0 Å². The highest BCUT2D eigenvalue weighted by Gasteiger charge is 2.18. The topological polar surface area (TPSA) is 64.0 Å². The van der Waals surface area contributed by atoms with Gasteiger partial charge in [0.15, 0.2) is 5.69 Å². The van der Waals surface area contributed by atoms with Gasteiger partial charge in [0.2, 0.25) is 5.43 Å². The average Bonchev–Trinajstić information content (AvgIpc) is 2.76. The lowest BCUT2D eigenvalue weighted by molar-refractivity contribution is 0.101. The quantitative estimate of drug-likeness (QED) is 0.523. The van der Waals surface area contributed by atoms with E-state index in [0.717, 1.165) is 11.1 Å². The van der Waals surface area contributed by atoms with Gasteiger partial charge in [-0.3, -0.25) is 9.59 Å². The number of nitrogens with zero attached hydrogens (tertiary/aromatic N) is 2. The molecule has 0 radical (unpaired) electrons. The largest absolute Gasteiger partial charge is 0.320 e. The van der Waals surface area contributed by atoms with Crippen molar-refractivity contribution < 1.29 is 9.18 Å². The number of rotatable bonds is 5. The molecule has 4 aromatic rings. The Balaban J connectivity index is 1.67. The van der Waals surface area contributed by atoms with Gasteiger partial charge in [0.1, 0.15) is 11.5 Å². The van der Waals surface area contributed by atoms with Gasteiger partial charge in [-0.2, -0.15) is 5.10 Å². The average molecular weight is 413 g/mol. The lowest BCUT2D eigenvalue weighted by atomic mass is 10.0. The maximum atomic E-state index is 14.3. The Kier molecular flexibility index (Phi) is 5.71. The number of aromatic nitrogens is 2. The fraction of sp³-hybridized carbons (Fsp3) is 0.0800. The van der Waals surface area contributed by atoms with Crippen LogP contribution < -0.4 is 10.7 Å². The third-order valence-corrected chi connectivity index (χ3v) is 4.91. The van der Waals surface area contributed by atoms with Crippen LogP contribution in [0.25, 0.3) is 5.69 Å². The number of hydrogen-bond donors (Lipinski definition) is 1. The minimum atomic E-state index is -0.643. The van der Waals surface area contributed by atoms with Crippen LogP contribution in [-0.2, 0) is 6.42 Å². The van der Waals surface area contributed by atoms with Crippen molar-refractivity contribution in [1.82, 2.24) is 9.78 Å². The van der Waals surface area contributed by atoms with Crippen LogP contribution in [0.1, 0.15) is 27.3 Å². The van der Waals surface area contributed by atoms with Crippen molar-refractivity contribution in [1.29, 1.82) is 0 Å². The number of hydrogen-bond acceptors (Lipinski definition) is 3. The van der Waals surface area contributed by atoms with Crippen LogP contribution in [0.15, 0.2) is 89.7 Å². The summed E-state index contributed by atoms with van der Waals surface area (Å²) in [6, 6.07) is 24.6. The Morgan fingerprint density at radius 2 is 1.65 bits per heavy atom. The SMILES string of the molecule is Cc1cc(=O)c(C(=O)Nc2ccccc2Cc2ccccc2)nn1-c1ccccc1F. The van der Waals surface area contributed by atoms with Crippen molar-refractivity contribution >= 4 is 11.6 Å². The second-order valence-corrected chi connectivity index (χ2v) is 7.14. The molecule has 0 saturated heterocycles. The number of para-hydroxylation sites is 2. The zero-order valence-corrected chi connectivity index (χ0v) is 16.9. The molecule has 0 aliphatic carbocycles. The number of amides is 1. The number of nitrogens with one attached hydrogen (secondary N) is 1. The van der Waals surface area contributed by atoms with Crippen LogP contribution in [-0.4, -0.2) is 15.7 Å². The van der Waals surface area contributed by atoms with Crippen molar-refractivity contribution in [3.63, 3.8) is 0 Å². The first-order valence-electron chi connectivity index (χ1n) is 9.82. The summed E-state index contributed by atoms with van der Waals surface area (Å²) in [6.45, 7) is 1.64. The fourth-order valence-electron chi connectivity index (χ4n) is 3.37. The molecule has 0 saturated carbocycles. The minimum absolute atomic E-state index is 0.165. The van der Waals surface area contributed by atoms with E-state index in [1.807, 2.05) is 48.5 Å². The molecule has 1 heterocycles. The molecule has 0 bridgehead atoms. The third kappa shape index (κ3) is 4.43. The molecule has 31 heavy (non-hydrogen) atoms. The fourth-order valence-corrected chi connectivity index (χ4v) is 3.37. The Bertz CT molecular complexity index is 1300. The Hall–Kier alpha value is -4.06. The van der Waals surface area contributed by atoms with Crippen LogP contribution in [0, 0.1) is 12.7 Å². The molecule has 6 heteroatoms. The van der Waals surface area contributed by atoms with Gasteiger partial charge < -0.3 is 5.32 Å². The Morgan fingerprint density at radius 3 is 2.42 bits per heavy atom. The number of halogens is 1. The molecule has 0 aliphatic heterocycles. The first-order valence-corrected chi connectivity index (χ1v) is 9.82. The van der Waals surface area contributed by atoms with E-state index in [1.54, 1.807) is 25.1 Å². The van der Waals surface area contributed by atoms with Crippen LogP contribution in [0.4, 0.5) is 10.1 Å². The normalized spacial score (nSPS) is 10.6. The Morgan fingerprint density at radius 1 is 0.968 bits per heavy atom. The first kappa shape index (κ1) is 20.2. The van der Waals surface area contributed by atoms with Gasteiger partial charge >= 0.3 is 0 Å². The van der Waals surface area contributed by atoms with Crippen LogP contribution in [0.5, 0.6) is 0 Å². The molecule has 0 unspecified atom stereocenters. The van der Waals surface area contributed by atoms with Crippen molar-refractivity contribution in [2.45, 2.75) is 13.3 Å².